The Labute approximate surface area is 139 Å². The Morgan fingerprint density at radius 3 is 2.91 bits per heavy atom. The van der Waals surface area contributed by atoms with Gasteiger partial charge in [-0.15, -0.1) is 11.3 Å². The van der Waals surface area contributed by atoms with E-state index < -0.39 is 0 Å². The second kappa shape index (κ2) is 8.06. The van der Waals surface area contributed by atoms with Crippen molar-refractivity contribution in [3.05, 3.63) is 33.6 Å². The lowest BCUT2D eigenvalue weighted by atomic mass is 10.3. The molecule has 22 heavy (non-hydrogen) atoms. The van der Waals surface area contributed by atoms with E-state index in [0.717, 1.165) is 6.42 Å². The van der Waals surface area contributed by atoms with Crippen LogP contribution < -0.4 is 16.4 Å². The van der Waals surface area contributed by atoms with Crippen LogP contribution in [0.25, 0.3) is 0 Å². The van der Waals surface area contributed by atoms with Gasteiger partial charge in [0.15, 0.2) is 15.6 Å². The maximum atomic E-state index is 11.9. The van der Waals surface area contributed by atoms with E-state index >= 15 is 0 Å². The minimum Gasteiger partial charge on any atom is -0.444 e. The fraction of sp³-hybridized carbons (Fsp3) is 0.308. The summed E-state index contributed by atoms with van der Waals surface area (Å²) >= 11 is 4.38. The van der Waals surface area contributed by atoms with Crippen molar-refractivity contribution in [3.63, 3.8) is 0 Å². The van der Waals surface area contributed by atoms with Crippen molar-refractivity contribution >= 4 is 44.2 Å². The van der Waals surface area contributed by atoms with E-state index in [1.807, 2.05) is 0 Å². The molecule has 9 heteroatoms. The van der Waals surface area contributed by atoms with Gasteiger partial charge in [-0.3, -0.25) is 14.9 Å². The summed E-state index contributed by atoms with van der Waals surface area (Å²) in [6, 6.07) is 3.19. The summed E-state index contributed by atoms with van der Waals surface area (Å²) in [7, 11) is 0. The number of nitrogens with one attached hydrogen (secondary N) is 2. The summed E-state index contributed by atoms with van der Waals surface area (Å²) in [6.45, 7) is 1.09. The van der Waals surface area contributed by atoms with Crippen LogP contribution in [0.15, 0.2) is 26.6 Å². The first-order chi connectivity index (χ1) is 10.6. The Kier molecular flexibility index (Phi) is 6.10. The summed E-state index contributed by atoms with van der Waals surface area (Å²) < 4.78 is 5.63. The fourth-order valence-corrected chi connectivity index (χ4v) is 2.61. The molecule has 118 valence electrons. The Morgan fingerprint density at radius 1 is 1.41 bits per heavy atom. The van der Waals surface area contributed by atoms with E-state index in [-0.39, 0.29) is 24.0 Å². The highest BCUT2D eigenvalue weighted by Gasteiger charge is 2.13. The van der Waals surface area contributed by atoms with Crippen LogP contribution in [0.1, 0.15) is 22.7 Å². The second-order valence-corrected chi connectivity index (χ2v) is 6.01. The van der Waals surface area contributed by atoms with Crippen LogP contribution in [0.3, 0.4) is 0 Å². The van der Waals surface area contributed by atoms with Gasteiger partial charge in [-0.2, -0.15) is 0 Å². The fourth-order valence-electron chi connectivity index (χ4n) is 1.60. The zero-order valence-electron chi connectivity index (χ0n) is 11.6. The van der Waals surface area contributed by atoms with Crippen molar-refractivity contribution in [1.82, 2.24) is 10.3 Å². The van der Waals surface area contributed by atoms with E-state index in [0.29, 0.717) is 28.6 Å². The Hall–Kier alpha value is -1.71. The molecule has 0 unspecified atom stereocenters. The van der Waals surface area contributed by atoms with E-state index in [4.69, 9.17) is 10.2 Å². The maximum Gasteiger partial charge on any atom is 0.293 e. The lowest BCUT2D eigenvalue weighted by Crippen LogP contribution is -2.27. The molecule has 0 bridgehead atoms. The quantitative estimate of drug-likeness (QED) is 0.627. The zero-order chi connectivity index (χ0) is 15.9. The first-order valence-electron chi connectivity index (χ1n) is 6.56. The average Bonchev–Trinajstić information content (AvgIpc) is 3.08. The van der Waals surface area contributed by atoms with E-state index in [2.05, 4.69) is 31.5 Å². The number of nitrogens with two attached hydrogens (primary N) is 1. The summed E-state index contributed by atoms with van der Waals surface area (Å²) in [6.07, 6.45) is 0.909. The molecule has 2 aromatic rings. The Morgan fingerprint density at radius 2 is 2.23 bits per heavy atom. The number of rotatable bonds is 7. The number of amides is 2. The third-order valence-corrected chi connectivity index (χ3v) is 3.85. The molecule has 0 aromatic carbocycles. The maximum absolute atomic E-state index is 11.9. The Bertz CT molecular complexity index is 655. The molecule has 0 atom stereocenters. The molecule has 0 aliphatic heterocycles. The molecular weight excluding hydrogens is 372 g/mol. The first-order valence-corrected chi connectivity index (χ1v) is 8.23. The van der Waals surface area contributed by atoms with Gasteiger partial charge >= 0.3 is 0 Å². The van der Waals surface area contributed by atoms with Crippen molar-refractivity contribution in [2.75, 3.05) is 18.4 Å². The summed E-state index contributed by atoms with van der Waals surface area (Å²) in [5.74, 6) is -0.325. The summed E-state index contributed by atoms with van der Waals surface area (Å²) in [4.78, 5) is 27.7. The van der Waals surface area contributed by atoms with Crippen molar-refractivity contribution in [3.8, 4) is 0 Å². The van der Waals surface area contributed by atoms with Crippen LogP contribution in [0.2, 0.25) is 0 Å². The molecule has 0 saturated heterocycles. The van der Waals surface area contributed by atoms with Crippen LogP contribution in [-0.4, -0.2) is 29.9 Å². The number of furan rings is 1. The van der Waals surface area contributed by atoms with Crippen LogP contribution in [0.5, 0.6) is 0 Å². The van der Waals surface area contributed by atoms with Gasteiger partial charge in [0.1, 0.15) is 0 Å². The van der Waals surface area contributed by atoms with Gasteiger partial charge in [0, 0.05) is 11.9 Å². The number of carbonyl (C=O) groups is 2. The van der Waals surface area contributed by atoms with E-state index in [1.165, 1.54) is 11.3 Å². The normalized spacial score (nSPS) is 10.5. The third kappa shape index (κ3) is 4.93. The van der Waals surface area contributed by atoms with Crippen molar-refractivity contribution in [1.29, 1.82) is 0 Å². The number of carbonyl (C=O) groups excluding carboxylic acids is 2. The number of hydrogen-bond acceptors (Lipinski definition) is 6. The first kappa shape index (κ1) is 16.7. The molecular formula is C13H15BrN4O3S. The van der Waals surface area contributed by atoms with Gasteiger partial charge in [-0.25, -0.2) is 4.98 Å². The number of nitrogens with zero attached hydrogens (tertiary/aromatic N) is 1. The molecule has 4 N–H and O–H groups in total. The molecule has 0 fully saturated rings. The molecule has 2 amide bonds. The summed E-state index contributed by atoms with van der Waals surface area (Å²) in [5, 5.41) is 7.52. The average molecular weight is 387 g/mol. The number of hydrogen-bond donors (Lipinski definition) is 3. The minimum atomic E-state index is -0.390. The van der Waals surface area contributed by atoms with Crippen LogP contribution in [0.4, 0.5) is 5.13 Å². The molecule has 0 saturated carbocycles. The van der Waals surface area contributed by atoms with Crippen molar-refractivity contribution < 1.29 is 14.0 Å². The molecule has 2 rings (SSSR count). The molecule has 0 spiro atoms. The van der Waals surface area contributed by atoms with Crippen LogP contribution >= 0.6 is 27.3 Å². The van der Waals surface area contributed by atoms with E-state index in [9.17, 15) is 9.59 Å². The zero-order valence-corrected chi connectivity index (χ0v) is 14.0. The van der Waals surface area contributed by atoms with Crippen molar-refractivity contribution in [2.45, 2.75) is 12.8 Å². The minimum absolute atomic E-state index is 0.119. The molecule has 2 aromatic heterocycles. The van der Waals surface area contributed by atoms with Crippen LogP contribution in [0, 0.1) is 0 Å². The van der Waals surface area contributed by atoms with Crippen molar-refractivity contribution in [2.24, 2.45) is 5.73 Å². The van der Waals surface area contributed by atoms with Gasteiger partial charge in [-0.05, 0) is 41.0 Å². The van der Waals surface area contributed by atoms with Gasteiger partial charge in [-0.1, -0.05) is 0 Å². The molecule has 7 nitrogen and oxygen atoms in total. The lowest BCUT2D eigenvalue weighted by molar-refractivity contribution is -0.120. The van der Waals surface area contributed by atoms with Gasteiger partial charge in [0.05, 0.1) is 12.1 Å². The second-order valence-electron chi connectivity index (χ2n) is 4.37. The van der Waals surface area contributed by atoms with Gasteiger partial charge in [0.25, 0.3) is 5.91 Å². The predicted octanol–water partition coefficient (Wildman–Crippen LogP) is 1.76. The standard InChI is InChI=1S/C13H15BrN4O3S/c14-10-3-2-9(21-10)12(20)18-13-17-8(7-22-13)6-11(19)16-5-1-4-15/h2-3,7H,1,4-6,15H2,(H,16,19)(H,17,18,20). The number of anilines is 1. The third-order valence-electron chi connectivity index (χ3n) is 2.61. The smallest absolute Gasteiger partial charge is 0.293 e. The summed E-state index contributed by atoms with van der Waals surface area (Å²) in [5.41, 5.74) is 5.96. The highest BCUT2D eigenvalue weighted by atomic mass is 79.9. The highest BCUT2D eigenvalue weighted by molar-refractivity contribution is 9.10. The van der Waals surface area contributed by atoms with Crippen LogP contribution in [-0.2, 0) is 11.2 Å². The monoisotopic (exact) mass is 386 g/mol. The number of aromatic nitrogens is 1. The largest absolute Gasteiger partial charge is 0.444 e. The topological polar surface area (TPSA) is 110 Å². The SMILES string of the molecule is NCCCNC(=O)Cc1csc(NC(=O)c2ccc(Br)o2)n1. The molecule has 0 aliphatic carbocycles. The van der Waals surface area contributed by atoms with Gasteiger partial charge in [0.2, 0.25) is 5.91 Å². The highest BCUT2D eigenvalue weighted by Crippen LogP contribution is 2.19. The Balaban J connectivity index is 1.86. The molecule has 2 heterocycles. The predicted molar refractivity (Wildman–Crippen MR) is 86.9 cm³/mol. The van der Waals surface area contributed by atoms with E-state index in [1.54, 1.807) is 17.5 Å². The number of thiazole rings is 1. The number of halogens is 1. The van der Waals surface area contributed by atoms with Gasteiger partial charge < -0.3 is 15.5 Å². The molecule has 0 radical (unpaired) electrons. The lowest BCUT2D eigenvalue weighted by Gasteiger charge is -2.02. The molecule has 0 aliphatic rings.